The van der Waals surface area contributed by atoms with E-state index in [1.54, 1.807) is 25.3 Å². The third-order valence-electron chi connectivity index (χ3n) is 3.44. The van der Waals surface area contributed by atoms with Crippen molar-refractivity contribution in [2.75, 3.05) is 26.1 Å². The summed E-state index contributed by atoms with van der Waals surface area (Å²) in [5, 5.41) is 3.27. The van der Waals surface area contributed by atoms with Gasteiger partial charge in [-0.05, 0) is 25.5 Å². The maximum absolute atomic E-state index is 11.8. The molecule has 1 aromatic heterocycles. The van der Waals surface area contributed by atoms with Gasteiger partial charge in [0.15, 0.2) is 0 Å². The fourth-order valence-corrected chi connectivity index (χ4v) is 2.18. The first-order chi connectivity index (χ1) is 10.7. The van der Waals surface area contributed by atoms with E-state index in [0.717, 1.165) is 25.2 Å². The first-order valence-electron chi connectivity index (χ1n) is 7.12. The fraction of sp³-hybridized carbons (Fsp3) is 0.375. The van der Waals surface area contributed by atoms with Crippen molar-refractivity contribution in [2.24, 2.45) is 0 Å². The van der Waals surface area contributed by atoms with E-state index < -0.39 is 0 Å². The molecule has 0 aliphatic carbocycles. The van der Waals surface area contributed by atoms with Crippen LogP contribution in [0.15, 0.2) is 30.7 Å². The number of carbonyl (C=O) groups is 1. The molecule has 0 spiro atoms. The Morgan fingerprint density at radius 2 is 2.18 bits per heavy atom. The van der Waals surface area contributed by atoms with Gasteiger partial charge in [-0.25, -0.2) is 9.78 Å². The number of imidazole rings is 1. The second-order valence-electron chi connectivity index (χ2n) is 4.91. The lowest BCUT2D eigenvalue weighted by Crippen LogP contribution is -2.11. The van der Waals surface area contributed by atoms with Crippen LogP contribution in [0.4, 0.5) is 5.69 Å². The molecule has 1 N–H and O–H groups in total. The van der Waals surface area contributed by atoms with Gasteiger partial charge in [-0.3, -0.25) is 0 Å². The molecule has 1 aromatic carbocycles. The minimum absolute atomic E-state index is 0.365. The van der Waals surface area contributed by atoms with Crippen molar-refractivity contribution < 1.29 is 14.3 Å². The van der Waals surface area contributed by atoms with E-state index in [0.29, 0.717) is 17.0 Å². The normalized spacial score (nSPS) is 10.3. The lowest BCUT2D eigenvalue weighted by atomic mass is 10.1. The number of anilines is 1. The highest BCUT2D eigenvalue weighted by atomic mass is 16.5. The van der Waals surface area contributed by atoms with Crippen LogP contribution in [0.1, 0.15) is 22.5 Å². The number of nitrogens with zero attached hydrogens (tertiary/aromatic N) is 2. The second kappa shape index (κ2) is 7.49. The third kappa shape index (κ3) is 3.78. The van der Waals surface area contributed by atoms with Crippen LogP contribution in [-0.2, 0) is 11.3 Å². The highest BCUT2D eigenvalue weighted by molar-refractivity contribution is 5.95. The minimum Gasteiger partial charge on any atom is -0.497 e. The molecule has 0 aliphatic heterocycles. The maximum Gasteiger partial charge on any atom is 0.339 e. The van der Waals surface area contributed by atoms with Gasteiger partial charge in [0, 0.05) is 31.0 Å². The van der Waals surface area contributed by atoms with E-state index in [1.807, 2.05) is 19.4 Å². The molecule has 118 valence electrons. The number of ether oxygens (including phenoxy) is 2. The quantitative estimate of drug-likeness (QED) is 0.629. The average Bonchev–Trinajstić information content (AvgIpc) is 2.95. The van der Waals surface area contributed by atoms with Gasteiger partial charge in [0.2, 0.25) is 0 Å². The Morgan fingerprint density at radius 1 is 1.36 bits per heavy atom. The Bertz CT molecular complexity index is 637. The molecule has 0 saturated heterocycles. The van der Waals surface area contributed by atoms with Crippen LogP contribution in [0.5, 0.6) is 5.75 Å². The Morgan fingerprint density at radius 3 is 2.82 bits per heavy atom. The lowest BCUT2D eigenvalue weighted by molar-refractivity contribution is 0.0602. The number of benzene rings is 1. The molecular formula is C16H21N3O3. The highest BCUT2D eigenvalue weighted by Gasteiger charge is 2.12. The number of aromatic nitrogens is 2. The molecular weight excluding hydrogens is 282 g/mol. The number of rotatable bonds is 7. The van der Waals surface area contributed by atoms with E-state index in [-0.39, 0.29) is 5.97 Å². The number of methoxy groups -OCH3 is 2. The summed E-state index contributed by atoms with van der Waals surface area (Å²) in [6.45, 7) is 3.63. The summed E-state index contributed by atoms with van der Waals surface area (Å²) in [5.74, 6) is 0.330. The van der Waals surface area contributed by atoms with Crippen LogP contribution in [0.2, 0.25) is 0 Å². The summed E-state index contributed by atoms with van der Waals surface area (Å²) in [5.41, 5.74) is 2.35. The van der Waals surface area contributed by atoms with E-state index >= 15 is 0 Å². The topological polar surface area (TPSA) is 65.4 Å². The van der Waals surface area contributed by atoms with Crippen LogP contribution >= 0.6 is 0 Å². The van der Waals surface area contributed by atoms with Crippen LogP contribution in [0.3, 0.4) is 0 Å². The molecule has 0 aliphatic rings. The van der Waals surface area contributed by atoms with Crippen molar-refractivity contribution in [3.63, 3.8) is 0 Å². The molecule has 0 radical (unpaired) electrons. The van der Waals surface area contributed by atoms with Crippen molar-refractivity contribution in [1.29, 1.82) is 0 Å². The smallest absolute Gasteiger partial charge is 0.339 e. The van der Waals surface area contributed by atoms with Gasteiger partial charge >= 0.3 is 5.97 Å². The number of esters is 1. The van der Waals surface area contributed by atoms with Crippen molar-refractivity contribution in [3.8, 4) is 5.75 Å². The van der Waals surface area contributed by atoms with Crippen molar-refractivity contribution >= 4 is 11.7 Å². The van der Waals surface area contributed by atoms with E-state index in [4.69, 9.17) is 9.47 Å². The standard InChI is InChI=1S/C16H21N3O3/c1-12-10-17-11-19(12)8-4-7-18-15-9-13(21-2)5-6-14(15)16(20)22-3/h5-6,9-11,18H,4,7-8H2,1-3H3. The van der Waals surface area contributed by atoms with Gasteiger partial charge < -0.3 is 19.4 Å². The van der Waals surface area contributed by atoms with Gasteiger partial charge in [-0.2, -0.15) is 0 Å². The first kappa shape index (κ1) is 15.9. The van der Waals surface area contributed by atoms with E-state index in [1.165, 1.54) is 7.11 Å². The highest BCUT2D eigenvalue weighted by Crippen LogP contribution is 2.23. The minimum atomic E-state index is -0.365. The number of carbonyl (C=O) groups excluding carboxylic acids is 1. The molecule has 0 saturated carbocycles. The summed E-state index contributed by atoms with van der Waals surface area (Å²) >= 11 is 0. The summed E-state index contributed by atoms with van der Waals surface area (Å²) in [7, 11) is 2.97. The zero-order valence-corrected chi connectivity index (χ0v) is 13.1. The zero-order chi connectivity index (χ0) is 15.9. The summed E-state index contributed by atoms with van der Waals surface area (Å²) in [6, 6.07) is 5.24. The van der Waals surface area contributed by atoms with Gasteiger partial charge in [-0.15, -0.1) is 0 Å². The average molecular weight is 303 g/mol. The molecule has 6 heteroatoms. The SMILES string of the molecule is COC(=O)c1ccc(OC)cc1NCCCn1cncc1C. The largest absolute Gasteiger partial charge is 0.497 e. The fourth-order valence-electron chi connectivity index (χ4n) is 2.18. The van der Waals surface area contributed by atoms with Crippen LogP contribution in [0.25, 0.3) is 0 Å². The predicted molar refractivity (Wildman–Crippen MR) is 84.4 cm³/mol. The molecule has 0 fully saturated rings. The van der Waals surface area contributed by atoms with Gasteiger partial charge in [0.05, 0.1) is 31.8 Å². The molecule has 0 bridgehead atoms. The number of aryl methyl sites for hydroxylation is 2. The summed E-state index contributed by atoms with van der Waals surface area (Å²) in [6.07, 6.45) is 4.57. The number of hydrogen-bond acceptors (Lipinski definition) is 5. The predicted octanol–water partition coefficient (Wildman–Crippen LogP) is 2.49. The molecule has 6 nitrogen and oxygen atoms in total. The molecule has 22 heavy (non-hydrogen) atoms. The Kier molecular flexibility index (Phi) is 5.41. The number of nitrogens with one attached hydrogen (secondary N) is 1. The van der Waals surface area contributed by atoms with Crippen molar-refractivity contribution in [1.82, 2.24) is 9.55 Å². The van der Waals surface area contributed by atoms with E-state index in [2.05, 4.69) is 14.9 Å². The molecule has 0 atom stereocenters. The molecule has 0 amide bonds. The Hall–Kier alpha value is -2.50. The second-order valence-corrected chi connectivity index (χ2v) is 4.91. The van der Waals surface area contributed by atoms with E-state index in [9.17, 15) is 4.79 Å². The van der Waals surface area contributed by atoms with Gasteiger partial charge in [0.1, 0.15) is 5.75 Å². The Labute approximate surface area is 130 Å². The van der Waals surface area contributed by atoms with Crippen LogP contribution in [0, 0.1) is 6.92 Å². The molecule has 1 heterocycles. The van der Waals surface area contributed by atoms with Gasteiger partial charge in [0.25, 0.3) is 0 Å². The molecule has 0 unspecified atom stereocenters. The van der Waals surface area contributed by atoms with Crippen molar-refractivity contribution in [2.45, 2.75) is 19.9 Å². The number of hydrogen-bond donors (Lipinski definition) is 1. The maximum atomic E-state index is 11.8. The molecule has 2 aromatic rings. The summed E-state index contributed by atoms with van der Waals surface area (Å²) in [4.78, 5) is 15.9. The van der Waals surface area contributed by atoms with Crippen LogP contribution in [-0.4, -0.2) is 36.3 Å². The van der Waals surface area contributed by atoms with Crippen molar-refractivity contribution in [3.05, 3.63) is 42.0 Å². The zero-order valence-electron chi connectivity index (χ0n) is 13.1. The summed E-state index contributed by atoms with van der Waals surface area (Å²) < 4.78 is 12.1. The third-order valence-corrected chi connectivity index (χ3v) is 3.44. The monoisotopic (exact) mass is 303 g/mol. The van der Waals surface area contributed by atoms with Gasteiger partial charge in [-0.1, -0.05) is 0 Å². The Balaban J connectivity index is 1.98. The molecule has 2 rings (SSSR count). The van der Waals surface area contributed by atoms with Crippen LogP contribution < -0.4 is 10.1 Å². The first-order valence-corrected chi connectivity index (χ1v) is 7.12. The lowest BCUT2D eigenvalue weighted by Gasteiger charge is -2.13.